The van der Waals surface area contributed by atoms with E-state index in [0.29, 0.717) is 30.3 Å². The van der Waals surface area contributed by atoms with Crippen molar-refractivity contribution in [1.29, 1.82) is 5.41 Å². The number of ketones is 1. The molecule has 2 heterocycles. The summed E-state index contributed by atoms with van der Waals surface area (Å²) < 4.78 is 14.6. The van der Waals surface area contributed by atoms with Gasteiger partial charge in [0.05, 0.1) is 18.3 Å². The number of aromatic nitrogens is 4. The second kappa shape index (κ2) is 11.0. The molecule has 0 saturated carbocycles. The van der Waals surface area contributed by atoms with Crippen LogP contribution in [0.2, 0.25) is 0 Å². The number of fused-ring (bicyclic) bond motifs is 1. The van der Waals surface area contributed by atoms with E-state index in [1.165, 1.54) is 9.20 Å². The molecule has 3 rings (SSSR count). The van der Waals surface area contributed by atoms with E-state index in [0.717, 1.165) is 30.4 Å². The minimum absolute atomic E-state index is 0.0136. The lowest BCUT2D eigenvalue weighted by atomic mass is 9.84. The molecule has 0 aliphatic heterocycles. The minimum Gasteiger partial charge on any atom is -0.474 e. The average Bonchev–Trinajstić information content (AvgIpc) is 3.11. The molecule has 0 amide bonds. The second-order valence-electron chi connectivity index (χ2n) is 9.62. The minimum atomic E-state index is -0.104. The quantitative estimate of drug-likeness (QED) is 0.263. The Morgan fingerprint density at radius 1 is 1.18 bits per heavy atom. The van der Waals surface area contributed by atoms with Gasteiger partial charge >= 0.3 is 0 Å². The van der Waals surface area contributed by atoms with Crippen LogP contribution < -0.4 is 20.1 Å². The number of nitrogens with zero attached hydrogens (tertiary/aromatic N) is 4. The van der Waals surface area contributed by atoms with Crippen molar-refractivity contribution in [2.75, 3.05) is 6.61 Å². The topological polar surface area (TPSA) is 94.7 Å². The van der Waals surface area contributed by atoms with Crippen LogP contribution in [0, 0.1) is 5.41 Å². The van der Waals surface area contributed by atoms with Gasteiger partial charge < -0.3 is 14.9 Å². The molecule has 2 aromatic heterocycles. The Hall–Kier alpha value is -3.00. The summed E-state index contributed by atoms with van der Waals surface area (Å²) >= 11 is 0. The van der Waals surface area contributed by atoms with Crippen LogP contribution >= 0.6 is 0 Å². The summed E-state index contributed by atoms with van der Waals surface area (Å²) in [5.41, 5.74) is 3.09. The molecule has 34 heavy (non-hydrogen) atoms. The predicted molar refractivity (Wildman–Crippen MR) is 129 cm³/mol. The molecular formula is C26H37N5O3. The molecule has 1 N–H and O–H groups in total. The number of carbonyl (C=O) groups is 1. The maximum absolute atomic E-state index is 13.3. The Kier molecular flexibility index (Phi) is 8.25. The smallest absolute Gasteiger partial charge is 0.219 e. The Balaban J connectivity index is 1.89. The maximum atomic E-state index is 13.3. The summed E-state index contributed by atoms with van der Waals surface area (Å²) in [5.74, 6) is 0.366. The van der Waals surface area contributed by atoms with Gasteiger partial charge in [-0.15, -0.1) is 0 Å². The van der Waals surface area contributed by atoms with Crippen LogP contribution in [0.1, 0.15) is 82.3 Å². The highest BCUT2D eigenvalue weighted by molar-refractivity contribution is 5.95. The summed E-state index contributed by atoms with van der Waals surface area (Å²) in [7, 11) is 0. The fraction of sp³-hybridized carbons (Fsp3) is 0.538. The molecule has 184 valence electrons. The molecule has 0 aliphatic carbocycles. The molecule has 0 unspecified atom stereocenters. The lowest BCUT2D eigenvalue weighted by molar-refractivity contribution is -0.721. The van der Waals surface area contributed by atoms with E-state index in [1.54, 1.807) is 12.1 Å². The number of Topliss-reactive ketones (excluding diaryl/α,β-unsaturated/α-hetero) is 1. The zero-order valence-corrected chi connectivity index (χ0v) is 21.2. The van der Waals surface area contributed by atoms with Crippen LogP contribution in [0.25, 0.3) is 5.65 Å². The van der Waals surface area contributed by atoms with E-state index in [4.69, 9.17) is 14.9 Å². The van der Waals surface area contributed by atoms with Crippen LogP contribution in [0.15, 0.2) is 30.3 Å². The third-order valence-electron chi connectivity index (χ3n) is 5.76. The van der Waals surface area contributed by atoms with E-state index >= 15 is 0 Å². The third-order valence-corrected chi connectivity index (χ3v) is 5.76. The van der Waals surface area contributed by atoms with E-state index < -0.39 is 0 Å². The second-order valence-corrected chi connectivity index (χ2v) is 9.62. The fourth-order valence-corrected chi connectivity index (χ4v) is 3.70. The van der Waals surface area contributed by atoms with Gasteiger partial charge in [-0.1, -0.05) is 47.6 Å². The molecule has 8 heteroatoms. The van der Waals surface area contributed by atoms with E-state index in [9.17, 15) is 4.79 Å². The first kappa shape index (κ1) is 25.6. The van der Waals surface area contributed by atoms with Gasteiger partial charge in [0.2, 0.25) is 11.7 Å². The van der Waals surface area contributed by atoms with Crippen LogP contribution in [0.5, 0.6) is 5.88 Å². The van der Waals surface area contributed by atoms with Gasteiger partial charge in [-0.3, -0.25) is 9.31 Å². The Labute approximate surface area is 201 Å². The van der Waals surface area contributed by atoms with Crippen molar-refractivity contribution >= 4 is 11.4 Å². The first-order chi connectivity index (χ1) is 16.2. The van der Waals surface area contributed by atoms with Crippen molar-refractivity contribution in [1.82, 2.24) is 14.7 Å². The van der Waals surface area contributed by atoms with Gasteiger partial charge in [-0.05, 0) is 54.0 Å². The predicted octanol–water partition coefficient (Wildman–Crippen LogP) is 3.73. The van der Waals surface area contributed by atoms with Crippen molar-refractivity contribution in [3.05, 3.63) is 52.6 Å². The molecule has 3 aromatic rings. The fourth-order valence-electron chi connectivity index (χ4n) is 3.70. The lowest BCUT2D eigenvalue weighted by Gasteiger charge is -2.21. The number of rotatable bonds is 11. The molecule has 0 atom stereocenters. The highest BCUT2D eigenvalue weighted by atomic mass is 16.5. The molecule has 0 radical (unpaired) electrons. The van der Waals surface area contributed by atoms with E-state index in [-0.39, 0.29) is 29.5 Å². The Morgan fingerprint density at radius 3 is 2.56 bits per heavy atom. The van der Waals surface area contributed by atoms with Crippen LogP contribution in [0.3, 0.4) is 0 Å². The molecule has 0 bridgehead atoms. The first-order valence-electron chi connectivity index (χ1n) is 12.1. The van der Waals surface area contributed by atoms with Crippen LogP contribution in [-0.4, -0.2) is 28.1 Å². The molecule has 0 saturated heterocycles. The number of ether oxygens (including phenoxy) is 2. The van der Waals surface area contributed by atoms with Crippen molar-refractivity contribution in [3.63, 3.8) is 0 Å². The van der Waals surface area contributed by atoms with Crippen LogP contribution in [0.4, 0.5) is 0 Å². The Morgan fingerprint density at radius 2 is 1.91 bits per heavy atom. The van der Waals surface area contributed by atoms with Crippen molar-refractivity contribution < 1.29 is 19.0 Å². The zero-order valence-electron chi connectivity index (χ0n) is 21.2. The molecule has 1 aromatic carbocycles. The standard InChI is InChI=1S/C26H37N5O3/c1-7-12-33-17-18-13-19(15-20(14-18)26(4,5)6)22(32)16-30-24-11-10-23(34-21(8-2)9-3)28-31(24)25(27)29-30/h10-11,13-15,21,27H,7-9,12,16-17H2,1-6H3. The SMILES string of the molecule is CCCOCc1cc(C(=O)C[n+]2[n-]c(=N)n3nc(OC(CC)CC)ccc32)cc(C(C)(C)C)c1. The Bertz CT molecular complexity index is 1190. The number of hydrogen-bond donors (Lipinski definition) is 1. The number of nitrogens with one attached hydrogen (secondary N) is 1. The highest BCUT2D eigenvalue weighted by Crippen LogP contribution is 2.25. The van der Waals surface area contributed by atoms with E-state index in [1.807, 2.05) is 12.1 Å². The van der Waals surface area contributed by atoms with Gasteiger partial charge in [-0.2, -0.15) is 5.10 Å². The molecule has 0 aliphatic rings. The van der Waals surface area contributed by atoms with Gasteiger partial charge in [-0.25, -0.2) is 9.78 Å². The lowest BCUT2D eigenvalue weighted by Crippen LogP contribution is -2.43. The molecule has 0 fully saturated rings. The van der Waals surface area contributed by atoms with Gasteiger partial charge in [0, 0.05) is 18.2 Å². The maximum Gasteiger partial charge on any atom is 0.219 e. The molecular weight excluding hydrogens is 430 g/mol. The van der Waals surface area contributed by atoms with Crippen LogP contribution in [-0.2, 0) is 23.3 Å². The van der Waals surface area contributed by atoms with Crippen molar-refractivity contribution in [3.8, 4) is 5.88 Å². The highest BCUT2D eigenvalue weighted by Gasteiger charge is 2.19. The largest absolute Gasteiger partial charge is 0.474 e. The normalized spacial score (nSPS) is 12.0. The summed E-state index contributed by atoms with van der Waals surface area (Å²) in [4.78, 5) is 13.3. The van der Waals surface area contributed by atoms with Gasteiger partial charge in [0.15, 0.2) is 12.2 Å². The van der Waals surface area contributed by atoms with Crippen molar-refractivity contribution in [2.24, 2.45) is 0 Å². The summed E-state index contributed by atoms with van der Waals surface area (Å²) in [5, 5.41) is 16.9. The number of carbonyl (C=O) groups excluding carboxylic acids is 1. The summed E-state index contributed by atoms with van der Waals surface area (Å²) in [6, 6.07) is 9.51. The third kappa shape index (κ3) is 6.11. The van der Waals surface area contributed by atoms with Gasteiger partial charge in [0.25, 0.3) is 0 Å². The van der Waals surface area contributed by atoms with Gasteiger partial charge in [0.1, 0.15) is 0 Å². The molecule has 0 spiro atoms. The summed E-state index contributed by atoms with van der Waals surface area (Å²) in [6.45, 7) is 13.8. The summed E-state index contributed by atoms with van der Waals surface area (Å²) in [6.07, 6.45) is 2.77. The molecule has 8 nitrogen and oxygen atoms in total. The van der Waals surface area contributed by atoms with E-state index in [2.05, 4.69) is 57.8 Å². The first-order valence-corrected chi connectivity index (χ1v) is 12.1. The monoisotopic (exact) mass is 467 g/mol. The zero-order chi connectivity index (χ0) is 24.9. The average molecular weight is 468 g/mol. The number of hydrogen-bond acceptors (Lipinski definition) is 5. The van der Waals surface area contributed by atoms with Crippen molar-refractivity contribution in [2.45, 2.75) is 85.5 Å². The number of benzene rings is 1.